The number of benzene rings is 2. The molecule has 2 aromatic carbocycles. The van der Waals surface area contributed by atoms with Gasteiger partial charge in [-0.05, 0) is 59.8 Å². The zero-order chi connectivity index (χ0) is 25.9. The van der Waals surface area contributed by atoms with Gasteiger partial charge in [0.1, 0.15) is 0 Å². The van der Waals surface area contributed by atoms with Crippen LogP contribution in [0.4, 0.5) is 11.4 Å². The van der Waals surface area contributed by atoms with Gasteiger partial charge in [-0.1, -0.05) is 24.3 Å². The maximum absolute atomic E-state index is 5.35. The van der Waals surface area contributed by atoms with Gasteiger partial charge in [0, 0.05) is 65.7 Å². The van der Waals surface area contributed by atoms with Gasteiger partial charge in [0.05, 0.1) is 12.4 Å². The third-order valence-corrected chi connectivity index (χ3v) is 5.74. The summed E-state index contributed by atoms with van der Waals surface area (Å²) in [5.74, 6) is 0. The minimum atomic E-state index is 0.447. The van der Waals surface area contributed by atoms with Crippen molar-refractivity contribution in [2.75, 3.05) is 64.2 Å². The SMILES string of the molecule is CN(C)c1ccc(/C=N\NC(=S)NN2CCN(NC(=S)N/N=C/c3ccc(N(C)C)cc3)CC2)cc1. The molecule has 1 fully saturated rings. The second-order valence-electron chi connectivity index (χ2n) is 8.57. The Morgan fingerprint density at radius 1 is 0.667 bits per heavy atom. The summed E-state index contributed by atoms with van der Waals surface area (Å²) in [6.45, 7) is 3.03. The molecule has 1 aliphatic rings. The summed E-state index contributed by atoms with van der Waals surface area (Å²) in [6, 6.07) is 16.2. The largest absolute Gasteiger partial charge is 0.378 e. The zero-order valence-electron chi connectivity index (χ0n) is 21.1. The number of hydrazone groups is 2. The van der Waals surface area contributed by atoms with E-state index >= 15 is 0 Å². The maximum Gasteiger partial charge on any atom is 0.201 e. The molecule has 1 heterocycles. The first-order chi connectivity index (χ1) is 17.3. The molecule has 0 amide bonds. The molecule has 2 aromatic rings. The Morgan fingerprint density at radius 3 is 1.31 bits per heavy atom. The number of anilines is 2. The van der Waals surface area contributed by atoms with Gasteiger partial charge >= 0.3 is 0 Å². The molecule has 12 heteroatoms. The predicted molar refractivity (Wildman–Crippen MR) is 158 cm³/mol. The molecule has 10 nitrogen and oxygen atoms in total. The van der Waals surface area contributed by atoms with Crippen molar-refractivity contribution in [1.29, 1.82) is 0 Å². The van der Waals surface area contributed by atoms with Crippen molar-refractivity contribution in [2.45, 2.75) is 0 Å². The molecule has 0 bridgehead atoms. The van der Waals surface area contributed by atoms with Gasteiger partial charge < -0.3 is 9.80 Å². The highest BCUT2D eigenvalue weighted by Crippen LogP contribution is 2.11. The van der Waals surface area contributed by atoms with Crippen LogP contribution in [-0.4, -0.2) is 87.0 Å². The van der Waals surface area contributed by atoms with Crippen LogP contribution in [0, 0.1) is 0 Å². The molecule has 0 unspecified atom stereocenters. The second-order valence-corrected chi connectivity index (χ2v) is 9.38. The van der Waals surface area contributed by atoms with E-state index in [-0.39, 0.29) is 0 Å². The summed E-state index contributed by atoms with van der Waals surface area (Å²) in [5.41, 5.74) is 16.3. The van der Waals surface area contributed by atoms with Gasteiger partial charge in [-0.25, -0.2) is 10.0 Å². The fourth-order valence-electron chi connectivity index (χ4n) is 3.32. The summed E-state index contributed by atoms with van der Waals surface area (Å²) >= 11 is 10.7. The Morgan fingerprint density at radius 2 is 1.00 bits per heavy atom. The average molecular weight is 527 g/mol. The van der Waals surface area contributed by atoms with Crippen molar-refractivity contribution in [3.8, 4) is 0 Å². The summed E-state index contributed by atoms with van der Waals surface area (Å²) in [4.78, 5) is 4.11. The minimum Gasteiger partial charge on any atom is -0.378 e. The summed E-state index contributed by atoms with van der Waals surface area (Å²) in [7, 11) is 8.05. The molecular weight excluding hydrogens is 492 g/mol. The van der Waals surface area contributed by atoms with Gasteiger partial charge in [-0.15, -0.1) is 0 Å². The fourth-order valence-corrected chi connectivity index (χ4v) is 3.68. The molecule has 1 saturated heterocycles. The van der Waals surface area contributed by atoms with Crippen molar-refractivity contribution < 1.29 is 0 Å². The minimum absolute atomic E-state index is 0.447. The second kappa shape index (κ2) is 13.7. The smallest absolute Gasteiger partial charge is 0.201 e. The molecule has 0 atom stereocenters. The molecule has 3 rings (SSSR count). The Balaban J connectivity index is 1.32. The lowest BCUT2D eigenvalue weighted by atomic mass is 10.2. The van der Waals surface area contributed by atoms with Crippen molar-refractivity contribution in [1.82, 2.24) is 31.7 Å². The number of nitrogens with one attached hydrogen (secondary N) is 4. The van der Waals surface area contributed by atoms with Crippen molar-refractivity contribution in [2.24, 2.45) is 10.2 Å². The molecule has 192 valence electrons. The highest BCUT2D eigenvalue weighted by atomic mass is 32.1. The third kappa shape index (κ3) is 9.04. The van der Waals surface area contributed by atoms with Crippen molar-refractivity contribution in [3.63, 3.8) is 0 Å². The van der Waals surface area contributed by atoms with Crippen molar-refractivity contribution in [3.05, 3.63) is 59.7 Å². The van der Waals surface area contributed by atoms with Gasteiger partial charge in [-0.2, -0.15) is 10.2 Å². The monoisotopic (exact) mass is 526 g/mol. The van der Waals surface area contributed by atoms with Crippen LogP contribution in [0.25, 0.3) is 0 Å². The number of hydrazine groups is 2. The zero-order valence-corrected chi connectivity index (χ0v) is 22.7. The molecule has 0 saturated carbocycles. The van der Waals surface area contributed by atoms with Crippen LogP contribution in [0.1, 0.15) is 11.1 Å². The molecule has 36 heavy (non-hydrogen) atoms. The van der Waals surface area contributed by atoms with Gasteiger partial charge in [0.2, 0.25) is 10.2 Å². The fraction of sp³-hybridized carbons (Fsp3) is 0.333. The summed E-state index contributed by atoms with van der Waals surface area (Å²) in [6.07, 6.45) is 3.48. The number of nitrogens with zero attached hydrogens (tertiary/aromatic N) is 6. The average Bonchev–Trinajstić information content (AvgIpc) is 2.86. The highest BCUT2D eigenvalue weighted by Gasteiger charge is 2.17. The van der Waals surface area contributed by atoms with E-state index in [9.17, 15) is 0 Å². The Bertz CT molecular complexity index is 958. The normalized spacial score (nSPS) is 14.6. The van der Waals surface area contributed by atoms with E-state index in [1.165, 1.54) is 0 Å². The lowest BCUT2D eigenvalue weighted by Crippen LogP contribution is -2.59. The topological polar surface area (TPSA) is 85.8 Å². The lowest BCUT2D eigenvalue weighted by molar-refractivity contribution is 0.0936. The number of thiocarbonyl (C=S) groups is 2. The maximum atomic E-state index is 5.35. The summed E-state index contributed by atoms with van der Waals surface area (Å²) < 4.78 is 0. The van der Waals surface area contributed by atoms with Gasteiger partial charge in [-0.3, -0.25) is 21.7 Å². The van der Waals surface area contributed by atoms with Crippen LogP contribution in [0.3, 0.4) is 0 Å². The molecule has 0 aliphatic carbocycles. The van der Waals surface area contributed by atoms with Crippen LogP contribution >= 0.6 is 24.4 Å². The molecular formula is C24H34N10S2. The van der Waals surface area contributed by atoms with Crippen LogP contribution in [0.15, 0.2) is 58.7 Å². The molecule has 4 N–H and O–H groups in total. The predicted octanol–water partition coefficient (Wildman–Crippen LogP) is 1.56. The molecule has 0 spiro atoms. The van der Waals surface area contributed by atoms with Crippen LogP contribution in [-0.2, 0) is 0 Å². The molecule has 1 aliphatic heterocycles. The Kier molecular flexibility index (Phi) is 10.4. The standard InChI is InChI=1S/C24H34N10S2/c1-31(2)21-9-5-19(6-10-21)17-25-27-23(35)29-33-13-15-34(16-14-33)30-24(36)28-26-18-20-7-11-22(12-8-20)32(3)4/h5-12,17-18H,13-16H2,1-4H3,(H2,27,29,35)(H2,28,30,36)/b25-17-,26-18+. The Hall–Kier alpha value is -3.32. The van der Waals surface area contributed by atoms with E-state index < -0.39 is 0 Å². The number of hydrogen-bond donors (Lipinski definition) is 4. The van der Waals surface area contributed by atoms with Crippen LogP contribution < -0.4 is 31.5 Å². The van der Waals surface area contributed by atoms with Crippen molar-refractivity contribution >= 4 is 58.5 Å². The van der Waals surface area contributed by atoms with E-state index in [1.807, 2.05) is 86.7 Å². The van der Waals surface area contributed by atoms with E-state index in [0.29, 0.717) is 10.2 Å². The van der Waals surface area contributed by atoms with E-state index in [2.05, 4.69) is 41.7 Å². The summed E-state index contributed by atoms with van der Waals surface area (Å²) in [5, 5.41) is 13.4. The first-order valence-electron chi connectivity index (χ1n) is 11.5. The van der Waals surface area contributed by atoms with E-state index in [4.69, 9.17) is 24.4 Å². The highest BCUT2D eigenvalue weighted by molar-refractivity contribution is 7.80. The van der Waals surface area contributed by atoms with Crippen LogP contribution in [0.2, 0.25) is 0 Å². The number of piperazine rings is 1. The van der Waals surface area contributed by atoms with E-state index in [1.54, 1.807) is 12.4 Å². The van der Waals surface area contributed by atoms with Crippen LogP contribution in [0.5, 0.6) is 0 Å². The van der Waals surface area contributed by atoms with Gasteiger partial charge in [0.15, 0.2) is 0 Å². The number of hydrogen-bond acceptors (Lipinski definition) is 8. The first kappa shape index (κ1) is 27.3. The van der Waals surface area contributed by atoms with Gasteiger partial charge in [0.25, 0.3) is 0 Å². The molecule has 0 aromatic heterocycles. The number of rotatable bonds is 8. The third-order valence-electron chi connectivity index (χ3n) is 5.38. The Labute approximate surface area is 223 Å². The quantitative estimate of drug-likeness (QED) is 0.231. The first-order valence-corrected chi connectivity index (χ1v) is 12.4. The molecule has 0 radical (unpaired) electrons. The lowest BCUT2D eigenvalue weighted by Gasteiger charge is -2.35. The van der Waals surface area contributed by atoms with E-state index in [0.717, 1.165) is 48.7 Å².